The molecule has 0 saturated heterocycles. The van der Waals surface area contributed by atoms with Gasteiger partial charge in [-0.1, -0.05) is 26.0 Å². The molecule has 0 saturated carbocycles. The Balaban J connectivity index is 0. The van der Waals surface area contributed by atoms with Gasteiger partial charge in [-0.2, -0.15) is 0 Å². The van der Waals surface area contributed by atoms with Crippen LogP contribution in [0.1, 0.15) is 13.8 Å². The van der Waals surface area contributed by atoms with Gasteiger partial charge in [-0.05, 0) is 0 Å². The summed E-state index contributed by atoms with van der Waals surface area (Å²) in [6.07, 6.45) is 0. The Morgan fingerprint density at radius 1 is 0.933 bits per heavy atom. The predicted molar refractivity (Wildman–Crippen MR) is 58.2 cm³/mol. The Bertz CT molecular complexity index is 310. The number of nitro groups is 2. The second-order valence-corrected chi connectivity index (χ2v) is 2.00. The van der Waals surface area contributed by atoms with Gasteiger partial charge in [0.2, 0.25) is 0 Å². The number of nitro benzene ring substituents is 2. The fourth-order valence-corrected chi connectivity index (χ4v) is 0.773. The van der Waals surface area contributed by atoms with Crippen molar-refractivity contribution in [1.82, 2.24) is 0 Å². The average Bonchev–Trinajstić information content (AvgIpc) is 2.20. The van der Waals surface area contributed by atoms with Crippen molar-refractivity contribution in [3.63, 3.8) is 0 Å². The standard InChI is InChI=1S/C6H4N2O4.C2H6.Na.H/c9-7(10)5-3-1-2-4-6(5)8(11)12;1-2;;/h1-4H;1-2H3;;. The Hall–Kier alpha value is -0.980. The molecule has 0 heterocycles. The maximum absolute atomic E-state index is 10.2. The number of rotatable bonds is 2. The molecule has 78 valence electrons. The summed E-state index contributed by atoms with van der Waals surface area (Å²) in [6, 6.07) is 4.95. The van der Waals surface area contributed by atoms with Crippen LogP contribution in [-0.4, -0.2) is 39.4 Å². The van der Waals surface area contributed by atoms with Crippen molar-refractivity contribution in [2.75, 3.05) is 0 Å². The van der Waals surface area contributed by atoms with Crippen LogP contribution in [0.3, 0.4) is 0 Å². The van der Waals surface area contributed by atoms with Gasteiger partial charge >= 0.3 is 40.9 Å². The molecule has 0 spiro atoms. The molecule has 1 rings (SSSR count). The maximum atomic E-state index is 10.2. The third-order valence-electron chi connectivity index (χ3n) is 1.28. The van der Waals surface area contributed by atoms with Gasteiger partial charge in [-0.3, -0.25) is 20.2 Å². The van der Waals surface area contributed by atoms with Crippen LogP contribution in [0.25, 0.3) is 0 Å². The van der Waals surface area contributed by atoms with Crippen LogP contribution >= 0.6 is 0 Å². The third kappa shape index (κ3) is 4.87. The van der Waals surface area contributed by atoms with Crippen LogP contribution < -0.4 is 0 Å². The molecule has 1 aromatic rings. The van der Waals surface area contributed by atoms with E-state index in [1.165, 1.54) is 12.1 Å². The van der Waals surface area contributed by atoms with Crippen molar-refractivity contribution in [1.29, 1.82) is 0 Å². The van der Waals surface area contributed by atoms with E-state index in [1.807, 2.05) is 13.8 Å². The molecule has 6 nitrogen and oxygen atoms in total. The van der Waals surface area contributed by atoms with E-state index in [-0.39, 0.29) is 29.6 Å². The van der Waals surface area contributed by atoms with Gasteiger partial charge in [0.1, 0.15) is 0 Å². The summed E-state index contributed by atoms with van der Waals surface area (Å²) in [7, 11) is 0. The molecular weight excluding hydrogens is 211 g/mol. The minimum absolute atomic E-state index is 0. The van der Waals surface area contributed by atoms with Crippen molar-refractivity contribution in [3.05, 3.63) is 44.5 Å². The quantitative estimate of drug-likeness (QED) is 0.434. The number of hydrogen-bond acceptors (Lipinski definition) is 4. The molecule has 0 bridgehead atoms. The SMILES string of the molecule is CC.O=[N+]([O-])c1ccccc1[N+](=O)[O-].[NaH]. The Labute approximate surface area is 109 Å². The van der Waals surface area contributed by atoms with Gasteiger partial charge in [0.15, 0.2) is 0 Å². The van der Waals surface area contributed by atoms with Crippen molar-refractivity contribution < 1.29 is 9.85 Å². The fourth-order valence-electron chi connectivity index (χ4n) is 0.773. The summed E-state index contributed by atoms with van der Waals surface area (Å²) in [6.45, 7) is 4.00. The second-order valence-electron chi connectivity index (χ2n) is 2.00. The molecule has 0 N–H and O–H groups in total. The van der Waals surface area contributed by atoms with Crippen LogP contribution in [0.5, 0.6) is 0 Å². The molecule has 0 atom stereocenters. The first-order valence-electron chi connectivity index (χ1n) is 4.00. The van der Waals surface area contributed by atoms with Crippen molar-refractivity contribution in [2.24, 2.45) is 0 Å². The van der Waals surface area contributed by atoms with Gasteiger partial charge in [0.25, 0.3) is 0 Å². The third-order valence-corrected chi connectivity index (χ3v) is 1.28. The molecule has 0 aliphatic carbocycles. The van der Waals surface area contributed by atoms with Crippen LogP contribution in [0.2, 0.25) is 0 Å². The first-order valence-corrected chi connectivity index (χ1v) is 4.00. The minimum atomic E-state index is -0.780. The molecule has 7 heteroatoms. The molecule has 15 heavy (non-hydrogen) atoms. The molecule has 1 aromatic carbocycles. The van der Waals surface area contributed by atoms with Crippen molar-refractivity contribution in [2.45, 2.75) is 13.8 Å². The zero-order valence-electron chi connectivity index (χ0n) is 7.84. The monoisotopic (exact) mass is 222 g/mol. The van der Waals surface area contributed by atoms with Gasteiger partial charge in [-0.25, -0.2) is 0 Å². The van der Waals surface area contributed by atoms with Crippen molar-refractivity contribution in [3.8, 4) is 0 Å². The van der Waals surface area contributed by atoms with Crippen molar-refractivity contribution >= 4 is 40.9 Å². The molecule has 0 aromatic heterocycles. The van der Waals surface area contributed by atoms with Crippen LogP contribution in [0, 0.1) is 20.2 Å². The zero-order chi connectivity index (χ0) is 11.1. The van der Waals surface area contributed by atoms with Crippen LogP contribution in [0.15, 0.2) is 24.3 Å². The van der Waals surface area contributed by atoms with E-state index >= 15 is 0 Å². The van der Waals surface area contributed by atoms with Gasteiger partial charge in [-0.15, -0.1) is 0 Å². The molecular formula is C8H11N2NaO4. The fraction of sp³-hybridized carbons (Fsp3) is 0.250. The number of benzene rings is 1. The summed E-state index contributed by atoms with van der Waals surface area (Å²) >= 11 is 0. The van der Waals surface area contributed by atoms with E-state index in [0.717, 1.165) is 12.1 Å². The molecule has 0 amide bonds. The van der Waals surface area contributed by atoms with E-state index in [2.05, 4.69) is 0 Å². The normalized spacial score (nSPS) is 7.87. The molecule has 0 radical (unpaired) electrons. The summed E-state index contributed by atoms with van der Waals surface area (Å²) < 4.78 is 0. The predicted octanol–water partition coefficient (Wildman–Crippen LogP) is 1.88. The Morgan fingerprint density at radius 2 is 1.20 bits per heavy atom. The number of para-hydroxylation sites is 2. The first-order chi connectivity index (χ1) is 6.63. The zero-order valence-corrected chi connectivity index (χ0v) is 7.84. The van der Waals surface area contributed by atoms with Gasteiger partial charge in [0.05, 0.1) is 9.85 Å². The summed E-state index contributed by atoms with van der Waals surface area (Å²) in [5.74, 6) is 0. The first kappa shape index (κ1) is 16.4. The second kappa shape index (κ2) is 8.34. The molecule has 0 aliphatic heterocycles. The van der Waals surface area contributed by atoms with Gasteiger partial charge in [0, 0.05) is 12.1 Å². The van der Waals surface area contributed by atoms with E-state index < -0.39 is 21.2 Å². The Morgan fingerprint density at radius 3 is 1.40 bits per heavy atom. The van der Waals surface area contributed by atoms with Crippen LogP contribution in [-0.2, 0) is 0 Å². The topological polar surface area (TPSA) is 86.3 Å². The molecule has 0 aliphatic rings. The number of nitrogens with zero attached hydrogens (tertiary/aromatic N) is 2. The molecule has 0 fully saturated rings. The summed E-state index contributed by atoms with van der Waals surface area (Å²) in [5.41, 5.74) is -0.968. The average molecular weight is 222 g/mol. The Kier molecular flexibility index (Phi) is 9.14. The summed E-state index contributed by atoms with van der Waals surface area (Å²) in [4.78, 5) is 18.9. The summed E-state index contributed by atoms with van der Waals surface area (Å²) in [5, 5.41) is 20.5. The van der Waals surface area contributed by atoms with E-state index in [1.54, 1.807) is 0 Å². The van der Waals surface area contributed by atoms with E-state index in [0.29, 0.717) is 0 Å². The molecule has 0 unspecified atom stereocenters. The number of hydrogen-bond donors (Lipinski definition) is 0. The van der Waals surface area contributed by atoms with E-state index in [4.69, 9.17) is 0 Å². The van der Waals surface area contributed by atoms with Crippen LogP contribution in [0.4, 0.5) is 11.4 Å². The van der Waals surface area contributed by atoms with E-state index in [9.17, 15) is 20.2 Å². The van der Waals surface area contributed by atoms with Gasteiger partial charge < -0.3 is 0 Å².